The molecule has 0 unspecified atom stereocenters. The summed E-state index contributed by atoms with van der Waals surface area (Å²) in [7, 11) is 0. The molecule has 0 aliphatic rings. The van der Waals surface area contributed by atoms with E-state index < -0.39 is 0 Å². The van der Waals surface area contributed by atoms with Crippen molar-refractivity contribution in [2.45, 2.75) is 6.92 Å². The first-order chi connectivity index (χ1) is 9.19. The Bertz CT molecular complexity index is 673. The van der Waals surface area contributed by atoms with Crippen LogP contribution >= 0.6 is 0 Å². The lowest BCUT2D eigenvalue weighted by atomic mass is 10.1. The molecule has 0 fully saturated rings. The molecule has 19 heavy (non-hydrogen) atoms. The highest BCUT2D eigenvalue weighted by Crippen LogP contribution is 2.28. The number of aryl methyl sites for hydroxylation is 1. The van der Waals surface area contributed by atoms with E-state index in [4.69, 9.17) is 5.53 Å². The van der Waals surface area contributed by atoms with Gasteiger partial charge < -0.3 is 5.11 Å². The maximum Gasteiger partial charge on any atom is 0.125 e. The van der Waals surface area contributed by atoms with Crippen molar-refractivity contribution in [3.63, 3.8) is 0 Å². The van der Waals surface area contributed by atoms with Crippen molar-refractivity contribution in [3.8, 4) is 5.75 Å². The smallest absolute Gasteiger partial charge is 0.125 e. The van der Waals surface area contributed by atoms with Gasteiger partial charge in [-0.25, -0.2) is 0 Å². The summed E-state index contributed by atoms with van der Waals surface area (Å²) in [6, 6.07) is 10.6. The third-order valence-electron chi connectivity index (χ3n) is 2.51. The van der Waals surface area contributed by atoms with Crippen LogP contribution in [0.1, 0.15) is 17.0 Å². The van der Waals surface area contributed by atoms with Crippen LogP contribution in [0.25, 0.3) is 22.6 Å². The summed E-state index contributed by atoms with van der Waals surface area (Å²) in [5, 5.41) is 12.9. The Morgan fingerprint density at radius 2 is 2.11 bits per heavy atom. The predicted octanol–water partition coefficient (Wildman–Crippen LogP) is 4.21. The van der Waals surface area contributed by atoms with E-state index in [-0.39, 0.29) is 11.4 Å². The molecule has 0 radical (unpaired) electrons. The summed E-state index contributed by atoms with van der Waals surface area (Å²) in [4.78, 5) is 7.01. The van der Waals surface area contributed by atoms with Gasteiger partial charge in [-0.05, 0) is 48.4 Å². The standard InChI is InChI=1S/C14H12N4O/c1-10-3-2-4-12(16-10)7-5-11-6-8-14(19)13(9-11)17-18-15/h2-9,19H,1H3. The summed E-state index contributed by atoms with van der Waals surface area (Å²) in [5.41, 5.74) is 11.2. The van der Waals surface area contributed by atoms with Crippen LogP contribution in [0, 0.1) is 6.92 Å². The van der Waals surface area contributed by atoms with Crippen molar-refractivity contribution in [2.75, 3.05) is 0 Å². The van der Waals surface area contributed by atoms with Gasteiger partial charge in [0.2, 0.25) is 0 Å². The number of aromatic hydroxyl groups is 1. The van der Waals surface area contributed by atoms with Crippen molar-refractivity contribution in [2.24, 2.45) is 5.11 Å². The van der Waals surface area contributed by atoms with Gasteiger partial charge in [0.25, 0.3) is 0 Å². The van der Waals surface area contributed by atoms with E-state index in [1.165, 1.54) is 6.07 Å². The SMILES string of the molecule is Cc1cccc(C=Cc2ccc(O)c(N=[N+]=[N-])c2)n1. The molecule has 5 heteroatoms. The maximum atomic E-state index is 9.49. The first-order valence-corrected chi connectivity index (χ1v) is 5.69. The fourth-order valence-corrected chi connectivity index (χ4v) is 1.61. The molecular weight excluding hydrogens is 240 g/mol. The Kier molecular flexibility index (Phi) is 3.81. The summed E-state index contributed by atoms with van der Waals surface area (Å²) in [6.45, 7) is 1.93. The van der Waals surface area contributed by atoms with Gasteiger partial charge in [0.1, 0.15) is 5.75 Å². The van der Waals surface area contributed by atoms with Crippen molar-refractivity contribution < 1.29 is 5.11 Å². The number of benzene rings is 1. The number of hydrogen-bond donors (Lipinski definition) is 1. The largest absolute Gasteiger partial charge is 0.507 e. The van der Waals surface area contributed by atoms with Gasteiger partial charge in [0.05, 0.1) is 11.4 Å². The highest BCUT2D eigenvalue weighted by Gasteiger charge is 1.98. The summed E-state index contributed by atoms with van der Waals surface area (Å²) in [5.74, 6) is -0.0383. The highest BCUT2D eigenvalue weighted by molar-refractivity contribution is 5.71. The van der Waals surface area contributed by atoms with Crippen molar-refractivity contribution in [1.29, 1.82) is 0 Å². The average Bonchev–Trinajstić information content (AvgIpc) is 2.40. The van der Waals surface area contributed by atoms with Gasteiger partial charge >= 0.3 is 0 Å². The Balaban J connectivity index is 2.28. The van der Waals surface area contributed by atoms with Crippen LogP contribution in [0.3, 0.4) is 0 Å². The zero-order valence-corrected chi connectivity index (χ0v) is 10.4. The minimum absolute atomic E-state index is 0.0383. The third kappa shape index (κ3) is 3.34. The number of phenols is 1. The molecule has 0 aliphatic heterocycles. The molecule has 2 aromatic rings. The van der Waals surface area contributed by atoms with E-state index in [0.29, 0.717) is 0 Å². The van der Waals surface area contributed by atoms with Crippen molar-refractivity contribution in [1.82, 2.24) is 4.98 Å². The lowest BCUT2D eigenvalue weighted by molar-refractivity contribution is 0.476. The minimum Gasteiger partial charge on any atom is -0.507 e. The summed E-state index contributed by atoms with van der Waals surface area (Å²) >= 11 is 0. The number of phenolic OH excluding ortho intramolecular Hbond substituents is 1. The quantitative estimate of drug-likeness (QED) is 0.504. The molecule has 1 heterocycles. The predicted molar refractivity (Wildman–Crippen MR) is 74.8 cm³/mol. The normalized spacial score (nSPS) is 10.4. The maximum absolute atomic E-state index is 9.49. The lowest BCUT2D eigenvalue weighted by Crippen LogP contribution is -1.83. The third-order valence-corrected chi connectivity index (χ3v) is 2.51. The fourth-order valence-electron chi connectivity index (χ4n) is 1.61. The molecule has 0 atom stereocenters. The van der Waals surface area contributed by atoms with Gasteiger partial charge in [-0.15, -0.1) is 0 Å². The Labute approximate surface area is 110 Å². The zero-order valence-electron chi connectivity index (χ0n) is 10.4. The Morgan fingerprint density at radius 1 is 1.26 bits per heavy atom. The van der Waals surface area contributed by atoms with Gasteiger partial charge in [-0.1, -0.05) is 23.3 Å². The highest BCUT2D eigenvalue weighted by atomic mass is 16.3. The van der Waals surface area contributed by atoms with E-state index in [2.05, 4.69) is 15.0 Å². The first-order valence-electron chi connectivity index (χ1n) is 5.69. The molecule has 0 saturated heterocycles. The molecule has 0 saturated carbocycles. The topological polar surface area (TPSA) is 81.9 Å². The molecule has 1 aromatic carbocycles. The molecule has 1 N–H and O–H groups in total. The van der Waals surface area contributed by atoms with Crippen LogP contribution < -0.4 is 0 Å². The van der Waals surface area contributed by atoms with E-state index in [1.807, 2.05) is 37.3 Å². The van der Waals surface area contributed by atoms with Crippen molar-refractivity contribution >= 4 is 17.8 Å². The van der Waals surface area contributed by atoms with Gasteiger partial charge in [0.15, 0.2) is 0 Å². The second kappa shape index (κ2) is 5.71. The van der Waals surface area contributed by atoms with Crippen LogP contribution in [0.15, 0.2) is 41.5 Å². The fraction of sp³-hybridized carbons (Fsp3) is 0.0714. The zero-order chi connectivity index (χ0) is 13.7. The Morgan fingerprint density at radius 3 is 2.84 bits per heavy atom. The lowest BCUT2D eigenvalue weighted by Gasteiger charge is -1.99. The summed E-state index contributed by atoms with van der Waals surface area (Å²) < 4.78 is 0. The van der Waals surface area contributed by atoms with Crippen LogP contribution in [-0.2, 0) is 0 Å². The molecule has 5 nitrogen and oxygen atoms in total. The van der Waals surface area contributed by atoms with Gasteiger partial charge in [-0.2, -0.15) is 0 Å². The van der Waals surface area contributed by atoms with E-state index in [9.17, 15) is 5.11 Å². The number of rotatable bonds is 3. The number of aromatic nitrogens is 1. The average molecular weight is 252 g/mol. The molecule has 0 aliphatic carbocycles. The molecular formula is C14H12N4O. The molecule has 0 bridgehead atoms. The number of pyridine rings is 1. The van der Waals surface area contributed by atoms with E-state index >= 15 is 0 Å². The van der Waals surface area contributed by atoms with Crippen LogP contribution in [0.5, 0.6) is 5.75 Å². The van der Waals surface area contributed by atoms with Crippen LogP contribution in [-0.4, -0.2) is 10.1 Å². The van der Waals surface area contributed by atoms with Crippen LogP contribution in [0.4, 0.5) is 5.69 Å². The second-order valence-corrected chi connectivity index (χ2v) is 3.97. The minimum atomic E-state index is -0.0383. The first kappa shape index (κ1) is 12.7. The van der Waals surface area contributed by atoms with E-state index in [0.717, 1.165) is 17.0 Å². The monoisotopic (exact) mass is 252 g/mol. The van der Waals surface area contributed by atoms with Gasteiger partial charge in [-0.3, -0.25) is 4.98 Å². The molecule has 0 spiro atoms. The number of nitrogens with zero attached hydrogens (tertiary/aromatic N) is 4. The van der Waals surface area contributed by atoms with Crippen LogP contribution in [0.2, 0.25) is 0 Å². The van der Waals surface area contributed by atoms with E-state index in [1.54, 1.807) is 12.1 Å². The molecule has 2 rings (SSSR count). The molecule has 94 valence electrons. The molecule has 1 aromatic heterocycles. The number of azide groups is 1. The number of hydrogen-bond acceptors (Lipinski definition) is 3. The second-order valence-electron chi connectivity index (χ2n) is 3.97. The van der Waals surface area contributed by atoms with Crippen molar-refractivity contribution in [3.05, 3.63) is 63.8 Å². The Hall–Kier alpha value is -2.78. The molecule has 0 amide bonds. The summed E-state index contributed by atoms with van der Waals surface area (Å²) in [6.07, 6.45) is 3.71. The van der Waals surface area contributed by atoms with Gasteiger partial charge in [0, 0.05) is 10.6 Å².